The Morgan fingerprint density at radius 1 is 1.35 bits per heavy atom. The lowest BCUT2D eigenvalue weighted by atomic mass is 9.87. The lowest BCUT2D eigenvalue weighted by Crippen LogP contribution is -2.37. The van der Waals surface area contributed by atoms with Crippen molar-refractivity contribution in [3.63, 3.8) is 0 Å². The summed E-state index contributed by atoms with van der Waals surface area (Å²) in [5.41, 5.74) is 0. The summed E-state index contributed by atoms with van der Waals surface area (Å²) in [4.78, 5) is 0. The predicted octanol–water partition coefficient (Wildman–Crippen LogP) is 2.37. The van der Waals surface area contributed by atoms with E-state index in [0.717, 1.165) is 5.92 Å². The zero-order valence-electron chi connectivity index (χ0n) is 11.4. The van der Waals surface area contributed by atoms with Crippen LogP contribution in [0.3, 0.4) is 0 Å². The molecule has 0 aliphatic heterocycles. The molecule has 17 heavy (non-hydrogen) atoms. The third kappa shape index (κ3) is 4.96. The molecule has 4 heteroatoms. The molecule has 0 bridgehead atoms. The topological polar surface area (TPSA) is 46.2 Å². The standard InChI is InChI=1S/C13H27NO2S/c1-4-12(3)17(15,16)9-8-14-13-7-5-6-11(2)10-13/h11-14H,4-10H2,1-3H3. The quantitative estimate of drug-likeness (QED) is 0.798. The fraction of sp³-hybridized carbons (Fsp3) is 1.00. The highest BCUT2D eigenvalue weighted by Gasteiger charge is 2.21. The van der Waals surface area contributed by atoms with Gasteiger partial charge in [-0.2, -0.15) is 0 Å². The van der Waals surface area contributed by atoms with Crippen molar-refractivity contribution in [3.8, 4) is 0 Å². The average molecular weight is 261 g/mol. The van der Waals surface area contributed by atoms with Gasteiger partial charge in [-0.3, -0.25) is 0 Å². The van der Waals surface area contributed by atoms with Crippen LogP contribution in [0.25, 0.3) is 0 Å². The van der Waals surface area contributed by atoms with E-state index in [1.165, 1.54) is 25.7 Å². The van der Waals surface area contributed by atoms with Crippen LogP contribution >= 0.6 is 0 Å². The van der Waals surface area contributed by atoms with Crippen molar-refractivity contribution in [1.82, 2.24) is 5.32 Å². The van der Waals surface area contributed by atoms with Crippen LogP contribution in [0.4, 0.5) is 0 Å². The zero-order chi connectivity index (χ0) is 12.9. The van der Waals surface area contributed by atoms with Gasteiger partial charge in [-0.1, -0.05) is 26.7 Å². The molecule has 1 aliphatic rings. The van der Waals surface area contributed by atoms with Gasteiger partial charge in [0.2, 0.25) is 0 Å². The maximum atomic E-state index is 11.8. The Hall–Kier alpha value is -0.0900. The molecular weight excluding hydrogens is 234 g/mol. The van der Waals surface area contributed by atoms with Crippen LogP contribution in [0.1, 0.15) is 52.9 Å². The highest BCUT2D eigenvalue weighted by molar-refractivity contribution is 7.92. The average Bonchev–Trinajstić information content (AvgIpc) is 2.27. The predicted molar refractivity (Wildman–Crippen MR) is 73.0 cm³/mol. The van der Waals surface area contributed by atoms with Gasteiger partial charge in [-0.15, -0.1) is 0 Å². The SMILES string of the molecule is CCC(C)S(=O)(=O)CCNC1CCCC(C)C1. The van der Waals surface area contributed by atoms with Gasteiger partial charge in [0.25, 0.3) is 0 Å². The lowest BCUT2D eigenvalue weighted by Gasteiger charge is -2.27. The van der Waals surface area contributed by atoms with Gasteiger partial charge in [0.15, 0.2) is 9.84 Å². The number of sulfone groups is 1. The molecule has 1 rings (SSSR count). The van der Waals surface area contributed by atoms with Crippen molar-refractivity contribution in [2.45, 2.75) is 64.2 Å². The molecule has 0 aromatic carbocycles. The molecule has 1 fully saturated rings. The highest BCUT2D eigenvalue weighted by atomic mass is 32.2. The number of hydrogen-bond acceptors (Lipinski definition) is 3. The molecule has 0 spiro atoms. The maximum absolute atomic E-state index is 11.8. The summed E-state index contributed by atoms with van der Waals surface area (Å²) in [7, 11) is -2.89. The third-order valence-electron chi connectivity index (χ3n) is 3.94. The van der Waals surface area contributed by atoms with Gasteiger partial charge < -0.3 is 5.32 Å². The van der Waals surface area contributed by atoms with Crippen LogP contribution in [0.15, 0.2) is 0 Å². The van der Waals surface area contributed by atoms with Crippen LogP contribution in [0.5, 0.6) is 0 Å². The Labute approximate surface area is 106 Å². The molecule has 0 aromatic rings. The van der Waals surface area contributed by atoms with Gasteiger partial charge in [0, 0.05) is 12.6 Å². The zero-order valence-corrected chi connectivity index (χ0v) is 12.2. The Balaban J connectivity index is 2.27. The van der Waals surface area contributed by atoms with Crippen LogP contribution in [-0.4, -0.2) is 32.0 Å². The summed E-state index contributed by atoms with van der Waals surface area (Å²) >= 11 is 0. The monoisotopic (exact) mass is 261 g/mol. The van der Waals surface area contributed by atoms with E-state index < -0.39 is 9.84 Å². The Morgan fingerprint density at radius 2 is 2.06 bits per heavy atom. The van der Waals surface area contributed by atoms with Crippen LogP contribution in [-0.2, 0) is 9.84 Å². The summed E-state index contributed by atoms with van der Waals surface area (Å²) in [6.45, 7) is 6.63. The van der Waals surface area contributed by atoms with Gasteiger partial charge in [0.05, 0.1) is 11.0 Å². The van der Waals surface area contributed by atoms with E-state index in [4.69, 9.17) is 0 Å². The van der Waals surface area contributed by atoms with Crippen molar-refractivity contribution in [2.24, 2.45) is 5.92 Å². The van der Waals surface area contributed by atoms with Crippen LogP contribution in [0, 0.1) is 5.92 Å². The summed E-state index contributed by atoms with van der Waals surface area (Å²) in [6.07, 6.45) is 5.71. The summed E-state index contributed by atoms with van der Waals surface area (Å²) < 4.78 is 23.7. The van der Waals surface area contributed by atoms with E-state index >= 15 is 0 Å². The minimum absolute atomic E-state index is 0.199. The minimum atomic E-state index is -2.89. The highest BCUT2D eigenvalue weighted by Crippen LogP contribution is 2.23. The van der Waals surface area contributed by atoms with Crippen LogP contribution < -0.4 is 5.32 Å². The Kier molecular flexibility index (Phi) is 5.93. The minimum Gasteiger partial charge on any atom is -0.313 e. The molecular formula is C13H27NO2S. The van der Waals surface area contributed by atoms with E-state index in [0.29, 0.717) is 19.0 Å². The normalized spacial score (nSPS) is 27.9. The van der Waals surface area contributed by atoms with Crippen molar-refractivity contribution < 1.29 is 8.42 Å². The Morgan fingerprint density at radius 3 is 2.65 bits per heavy atom. The number of nitrogens with one attached hydrogen (secondary N) is 1. The molecule has 102 valence electrons. The van der Waals surface area contributed by atoms with E-state index in [2.05, 4.69) is 12.2 Å². The molecule has 3 nitrogen and oxygen atoms in total. The molecule has 1 saturated carbocycles. The van der Waals surface area contributed by atoms with E-state index in [1.807, 2.05) is 6.92 Å². The smallest absolute Gasteiger partial charge is 0.154 e. The fourth-order valence-corrected chi connectivity index (χ4v) is 3.79. The maximum Gasteiger partial charge on any atom is 0.154 e. The van der Waals surface area contributed by atoms with Crippen molar-refractivity contribution in [1.29, 1.82) is 0 Å². The number of hydrogen-bond donors (Lipinski definition) is 1. The molecule has 0 saturated heterocycles. The number of rotatable bonds is 6. The first-order valence-electron chi connectivity index (χ1n) is 6.90. The lowest BCUT2D eigenvalue weighted by molar-refractivity contribution is 0.305. The second-order valence-electron chi connectivity index (χ2n) is 5.51. The summed E-state index contributed by atoms with van der Waals surface area (Å²) in [5.74, 6) is 1.07. The molecule has 3 atom stereocenters. The van der Waals surface area contributed by atoms with Crippen molar-refractivity contribution in [3.05, 3.63) is 0 Å². The van der Waals surface area contributed by atoms with Crippen LogP contribution in [0.2, 0.25) is 0 Å². The summed E-state index contributed by atoms with van der Waals surface area (Å²) in [5, 5.41) is 3.21. The second-order valence-corrected chi connectivity index (χ2v) is 8.05. The molecule has 3 unspecified atom stereocenters. The van der Waals surface area contributed by atoms with Crippen molar-refractivity contribution >= 4 is 9.84 Å². The van der Waals surface area contributed by atoms with E-state index in [-0.39, 0.29) is 11.0 Å². The molecule has 0 amide bonds. The second kappa shape index (κ2) is 6.74. The molecule has 0 radical (unpaired) electrons. The van der Waals surface area contributed by atoms with Gasteiger partial charge in [-0.05, 0) is 32.1 Å². The largest absolute Gasteiger partial charge is 0.313 e. The first kappa shape index (κ1) is 15.0. The van der Waals surface area contributed by atoms with E-state index in [1.54, 1.807) is 6.92 Å². The van der Waals surface area contributed by atoms with Gasteiger partial charge >= 0.3 is 0 Å². The molecule has 0 heterocycles. The van der Waals surface area contributed by atoms with Crippen molar-refractivity contribution in [2.75, 3.05) is 12.3 Å². The van der Waals surface area contributed by atoms with E-state index in [9.17, 15) is 8.42 Å². The molecule has 1 aliphatic carbocycles. The van der Waals surface area contributed by atoms with Gasteiger partial charge in [0.1, 0.15) is 0 Å². The first-order valence-corrected chi connectivity index (χ1v) is 8.62. The Bertz CT molecular complexity index is 313. The third-order valence-corrected chi connectivity index (χ3v) is 6.28. The van der Waals surface area contributed by atoms with Gasteiger partial charge in [-0.25, -0.2) is 8.42 Å². The summed E-state index contributed by atoms with van der Waals surface area (Å²) in [6, 6.07) is 0.533. The molecule has 0 aromatic heterocycles. The molecule has 1 N–H and O–H groups in total. The first-order chi connectivity index (χ1) is 7.95. The fourth-order valence-electron chi connectivity index (χ4n) is 2.48.